The van der Waals surface area contributed by atoms with Gasteiger partial charge in [0, 0.05) is 23.2 Å². The Morgan fingerprint density at radius 2 is 1.75 bits per heavy atom. The van der Waals surface area contributed by atoms with Gasteiger partial charge in [-0.3, -0.25) is 5.10 Å². The van der Waals surface area contributed by atoms with Crippen LogP contribution in [-0.2, 0) is 6.42 Å². The van der Waals surface area contributed by atoms with Crippen molar-refractivity contribution in [2.75, 3.05) is 19.5 Å². The van der Waals surface area contributed by atoms with Gasteiger partial charge in [-0.05, 0) is 36.8 Å². The van der Waals surface area contributed by atoms with E-state index < -0.39 is 0 Å². The third kappa shape index (κ3) is 2.29. The molecule has 0 amide bonds. The smallest absolute Gasteiger partial charge is 0.161 e. The third-order valence-corrected chi connectivity index (χ3v) is 4.43. The van der Waals surface area contributed by atoms with Crippen molar-refractivity contribution >= 4 is 11.5 Å². The standard InChI is InChI=1S/C19H19N3O2/c1-11-4-6-13(7-5-11)20-19-15-8-12-9-16(23-2)17(24-3)10-14(12)18(15)21-22-19/h4-7,9-10H,8H2,1-3H3,(H2,20,21,22). The predicted molar refractivity (Wildman–Crippen MR) is 94.4 cm³/mol. The molecule has 4 rings (SSSR count). The summed E-state index contributed by atoms with van der Waals surface area (Å²) >= 11 is 0. The number of nitrogens with one attached hydrogen (secondary N) is 2. The Balaban J connectivity index is 1.70. The van der Waals surface area contributed by atoms with E-state index in [1.807, 2.05) is 12.1 Å². The highest BCUT2D eigenvalue weighted by molar-refractivity contribution is 5.81. The predicted octanol–water partition coefficient (Wildman–Crippen LogP) is 4.05. The molecule has 24 heavy (non-hydrogen) atoms. The SMILES string of the molecule is COc1cc2c(cc1OC)-c1[nH]nc(Nc3ccc(C)cc3)c1C2. The van der Waals surface area contributed by atoms with Crippen molar-refractivity contribution in [3.05, 3.63) is 53.1 Å². The molecule has 0 atom stereocenters. The van der Waals surface area contributed by atoms with Crippen LogP contribution in [0.1, 0.15) is 16.7 Å². The van der Waals surface area contributed by atoms with Crippen LogP contribution in [0.15, 0.2) is 36.4 Å². The number of fused-ring (bicyclic) bond motifs is 3. The lowest BCUT2D eigenvalue weighted by atomic mass is 10.1. The van der Waals surface area contributed by atoms with Gasteiger partial charge in [0.1, 0.15) is 0 Å². The molecule has 1 aliphatic rings. The molecule has 2 N–H and O–H groups in total. The molecule has 122 valence electrons. The summed E-state index contributed by atoms with van der Waals surface area (Å²) in [4.78, 5) is 0. The van der Waals surface area contributed by atoms with Crippen LogP contribution in [-0.4, -0.2) is 24.4 Å². The summed E-state index contributed by atoms with van der Waals surface area (Å²) in [5, 5.41) is 11.0. The van der Waals surface area contributed by atoms with Gasteiger partial charge in [-0.1, -0.05) is 17.7 Å². The first-order valence-electron chi connectivity index (χ1n) is 7.86. The van der Waals surface area contributed by atoms with Gasteiger partial charge in [0.05, 0.1) is 19.9 Å². The molecule has 0 radical (unpaired) electrons. The number of anilines is 2. The fourth-order valence-corrected chi connectivity index (χ4v) is 3.13. The second kappa shape index (κ2) is 5.60. The van der Waals surface area contributed by atoms with Gasteiger partial charge in [0.2, 0.25) is 0 Å². The topological polar surface area (TPSA) is 59.2 Å². The van der Waals surface area contributed by atoms with Crippen molar-refractivity contribution in [3.63, 3.8) is 0 Å². The fraction of sp³-hybridized carbons (Fsp3) is 0.211. The van der Waals surface area contributed by atoms with Crippen LogP contribution in [0, 0.1) is 6.92 Å². The minimum atomic E-state index is 0.728. The number of benzene rings is 2. The van der Waals surface area contributed by atoms with Crippen LogP contribution < -0.4 is 14.8 Å². The number of H-pyrrole nitrogens is 1. The number of hydrogen-bond donors (Lipinski definition) is 2. The summed E-state index contributed by atoms with van der Waals surface area (Å²) in [6, 6.07) is 12.3. The number of rotatable bonds is 4. The van der Waals surface area contributed by atoms with E-state index in [4.69, 9.17) is 9.47 Å². The Hall–Kier alpha value is -2.95. The van der Waals surface area contributed by atoms with E-state index in [2.05, 4.69) is 46.7 Å². The molecule has 1 aromatic heterocycles. The Morgan fingerprint density at radius 1 is 1.04 bits per heavy atom. The fourth-order valence-electron chi connectivity index (χ4n) is 3.13. The summed E-state index contributed by atoms with van der Waals surface area (Å²) in [5.41, 5.74) is 6.80. The lowest BCUT2D eigenvalue weighted by Crippen LogP contribution is -1.95. The van der Waals surface area contributed by atoms with Gasteiger partial charge in [-0.2, -0.15) is 5.10 Å². The molecule has 1 aliphatic carbocycles. The zero-order chi connectivity index (χ0) is 16.7. The van der Waals surface area contributed by atoms with E-state index in [-0.39, 0.29) is 0 Å². The molecule has 0 bridgehead atoms. The Bertz CT molecular complexity index is 898. The zero-order valence-corrected chi connectivity index (χ0v) is 13.9. The number of hydrogen-bond acceptors (Lipinski definition) is 4. The number of nitrogens with zero attached hydrogens (tertiary/aromatic N) is 1. The number of aromatic amines is 1. The average molecular weight is 321 g/mol. The minimum Gasteiger partial charge on any atom is -0.493 e. The molecule has 5 nitrogen and oxygen atoms in total. The molecule has 3 aromatic rings. The molecule has 0 spiro atoms. The van der Waals surface area contributed by atoms with Crippen LogP contribution in [0.25, 0.3) is 11.3 Å². The zero-order valence-electron chi connectivity index (χ0n) is 13.9. The van der Waals surface area contributed by atoms with E-state index in [0.717, 1.165) is 40.7 Å². The van der Waals surface area contributed by atoms with Gasteiger partial charge in [0.25, 0.3) is 0 Å². The van der Waals surface area contributed by atoms with Crippen LogP contribution in [0.5, 0.6) is 11.5 Å². The van der Waals surface area contributed by atoms with Crippen LogP contribution in [0.4, 0.5) is 11.5 Å². The molecule has 0 saturated carbocycles. The Morgan fingerprint density at radius 3 is 2.46 bits per heavy atom. The van der Waals surface area contributed by atoms with Crippen molar-refractivity contribution in [1.82, 2.24) is 10.2 Å². The minimum absolute atomic E-state index is 0.728. The largest absolute Gasteiger partial charge is 0.493 e. The van der Waals surface area contributed by atoms with Crippen molar-refractivity contribution in [2.24, 2.45) is 0 Å². The lowest BCUT2D eigenvalue weighted by Gasteiger charge is -2.10. The maximum Gasteiger partial charge on any atom is 0.161 e. The summed E-state index contributed by atoms with van der Waals surface area (Å²) in [7, 11) is 3.31. The highest BCUT2D eigenvalue weighted by Gasteiger charge is 2.26. The maximum absolute atomic E-state index is 5.42. The lowest BCUT2D eigenvalue weighted by molar-refractivity contribution is 0.355. The highest BCUT2D eigenvalue weighted by atomic mass is 16.5. The Labute approximate surface area is 140 Å². The molecular weight excluding hydrogens is 302 g/mol. The first-order valence-corrected chi connectivity index (χ1v) is 7.86. The molecule has 0 saturated heterocycles. The Kier molecular flexibility index (Phi) is 3.41. The second-order valence-corrected chi connectivity index (χ2v) is 5.96. The van der Waals surface area contributed by atoms with Gasteiger partial charge >= 0.3 is 0 Å². The number of aryl methyl sites for hydroxylation is 1. The molecule has 0 aliphatic heterocycles. The average Bonchev–Trinajstić information content (AvgIpc) is 3.15. The summed E-state index contributed by atoms with van der Waals surface area (Å²) in [6.07, 6.45) is 0.815. The molecule has 1 heterocycles. The van der Waals surface area contributed by atoms with E-state index in [1.54, 1.807) is 14.2 Å². The van der Waals surface area contributed by atoms with Crippen LogP contribution in [0.3, 0.4) is 0 Å². The van der Waals surface area contributed by atoms with E-state index in [1.165, 1.54) is 16.7 Å². The van der Waals surface area contributed by atoms with Crippen molar-refractivity contribution < 1.29 is 9.47 Å². The van der Waals surface area contributed by atoms with Gasteiger partial charge in [-0.15, -0.1) is 0 Å². The van der Waals surface area contributed by atoms with Crippen molar-refractivity contribution in [3.8, 4) is 22.8 Å². The molecular formula is C19H19N3O2. The van der Waals surface area contributed by atoms with E-state index in [9.17, 15) is 0 Å². The number of methoxy groups -OCH3 is 2. The van der Waals surface area contributed by atoms with Crippen LogP contribution in [0.2, 0.25) is 0 Å². The second-order valence-electron chi connectivity index (χ2n) is 5.96. The number of ether oxygens (including phenoxy) is 2. The van der Waals surface area contributed by atoms with Gasteiger partial charge in [-0.25, -0.2) is 0 Å². The number of aromatic nitrogens is 2. The normalized spacial score (nSPS) is 11.8. The first kappa shape index (κ1) is 14.6. The van der Waals surface area contributed by atoms with E-state index in [0.29, 0.717) is 0 Å². The molecule has 5 heteroatoms. The monoisotopic (exact) mass is 321 g/mol. The van der Waals surface area contributed by atoms with Crippen LogP contribution >= 0.6 is 0 Å². The highest BCUT2D eigenvalue weighted by Crippen LogP contribution is 2.44. The summed E-state index contributed by atoms with van der Waals surface area (Å²) in [6.45, 7) is 2.08. The molecule has 0 fully saturated rings. The van der Waals surface area contributed by atoms with Crippen molar-refractivity contribution in [1.29, 1.82) is 0 Å². The molecule has 2 aromatic carbocycles. The van der Waals surface area contributed by atoms with E-state index >= 15 is 0 Å². The third-order valence-electron chi connectivity index (χ3n) is 4.43. The quantitative estimate of drug-likeness (QED) is 0.595. The van der Waals surface area contributed by atoms with Gasteiger partial charge < -0.3 is 14.8 Å². The maximum atomic E-state index is 5.42. The molecule has 0 unspecified atom stereocenters. The summed E-state index contributed by atoms with van der Waals surface area (Å²) < 4.78 is 10.8. The van der Waals surface area contributed by atoms with Crippen molar-refractivity contribution in [2.45, 2.75) is 13.3 Å². The van der Waals surface area contributed by atoms with Gasteiger partial charge in [0.15, 0.2) is 17.3 Å². The first-order chi connectivity index (χ1) is 11.7. The summed E-state index contributed by atoms with van der Waals surface area (Å²) in [5.74, 6) is 2.34.